The van der Waals surface area contributed by atoms with Crippen LogP contribution in [0.15, 0.2) is 55.2 Å². The molecule has 8 heteroatoms. The Kier molecular flexibility index (Phi) is 6.83. The first-order chi connectivity index (χ1) is 15.1. The van der Waals surface area contributed by atoms with Gasteiger partial charge in [-0.1, -0.05) is 35.2 Å². The van der Waals surface area contributed by atoms with Crippen LogP contribution >= 0.6 is 31.9 Å². The Morgan fingerprint density at radius 3 is 2.74 bits per heavy atom. The maximum atomic E-state index is 13.3. The molecule has 0 unspecified atom stereocenters. The van der Waals surface area contributed by atoms with E-state index in [-0.39, 0.29) is 18.1 Å². The molecule has 6 nitrogen and oxygen atoms in total. The predicted octanol–water partition coefficient (Wildman–Crippen LogP) is 5.75. The molecule has 4 rings (SSSR count). The molecule has 2 aromatic carbocycles. The van der Waals surface area contributed by atoms with Crippen LogP contribution in [0.5, 0.6) is 5.75 Å². The van der Waals surface area contributed by atoms with E-state index in [0.717, 1.165) is 41.5 Å². The van der Waals surface area contributed by atoms with Crippen LogP contribution in [0, 0.1) is 11.3 Å². The maximum absolute atomic E-state index is 13.3. The molecule has 1 heterocycles. The Labute approximate surface area is 196 Å². The molecule has 1 aliphatic rings. The normalized spacial score (nSPS) is 14.7. The number of halogens is 2. The number of ether oxygens (including phenoxy) is 1. The summed E-state index contributed by atoms with van der Waals surface area (Å²) >= 11 is 6.90. The highest BCUT2D eigenvalue weighted by Gasteiger charge is 2.22. The Hall–Kier alpha value is -2.50. The van der Waals surface area contributed by atoms with E-state index in [1.165, 1.54) is 11.1 Å². The molecule has 158 valence electrons. The highest BCUT2D eigenvalue weighted by molar-refractivity contribution is 9.10. The van der Waals surface area contributed by atoms with E-state index in [0.29, 0.717) is 21.1 Å². The smallest absolute Gasteiger partial charge is 0.282 e. The van der Waals surface area contributed by atoms with Crippen molar-refractivity contribution in [3.05, 3.63) is 67.1 Å². The fourth-order valence-corrected chi connectivity index (χ4v) is 4.72. The van der Waals surface area contributed by atoms with E-state index < -0.39 is 0 Å². The van der Waals surface area contributed by atoms with Crippen molar-refractivity contribution >= 4 is 49.0 Å². The van der Waals surface area contributed by atoms with Crippen molar-refractivity contribution < 1.29 is 4.74 Å². The van der Waals surface area contributed by atoms with Gasteiger partial charge in [-0.3, -0.25) is 4.79 Å². The summed E-state index contributed by atoms with van der Waals surface area (Å²) in [4.78, 5) is 18.2. The lowest BCUT2D eigenvalue weighted by Gasteiger charge is -2.22. The number of hydrogen-bond acceptors (Lipinski definition) is 5. The summed E-state index contributed by atoms with van der Waals surface area (Å²) in [5.74, 6) is 1.53. The van der Waals surface area contributed by atoms with Gasteiger partial charge in [0, 0.05) is 10.4 Å². The Bertz CT molecular complexity index is 1240. The molecule has 0 aliphatic heterocycles. The fraction of sp³-hybridized carbons (Fsp3) is 0.304. The molecule has 0 atom stereocenters. The zero-order valence-corrected chi connectivity index (χ0v) is 19.9. The van der Waals surface area contributed by atoms with Gasteiger partial charge in [0.25, 0.3) is 5.56 Å². The number of nitrogens with zero attached hydrogens (tertiary/aromatic N) is 4. The minimum absolute atomic E-state index is 0.0233. The summed E-state index contributed by atoms with van der Waals surface area (Å²) in [6, 6.07) is 13.0. The van der Waals surface area contributed by atoms with Crippen molar-refractivity contribution in [2.45, 2.75) is 38.0 Å². The van der Waals surface area contributed by atoms with Crippen molar-refractivity contribution in [2.24, 2.45) is 5.10 Å². The van der Waals surface area contributed by atoms with Crippen LogP contribution in [0.2, 0.25) is 0 Å². The summed E-state index contributed by atoms with van der Waals surface area (Å²) < 4.78 is 8.36. The SMILES string of the molecule is N#CCOc1ccc(C=Nn2c(C3CCCCC3)nc3ccc(Br)cc3c2=O)cc1Br. The quantitative estimate of drug-likeness (QED) is 0.383. The molecule has 0 saturated heterocycles. The fourth-order valence-electron chi connectivity index (χ4n) is 3.85. The zero-order chi connectivity index (χ0) is 21.8. The van der Waals surface area contributed by atoms with E-state index >= 15 is 0 Å². The average Bonchev–Trinajstić information content (AvgIpc) is 2.78. The lowest BCUT2D eigenvalue weighted by Crippen LogP contribution is -2.25. The first-order valence-corrected chi connectivity index (χ1v) is 11.7. The van der Waals surface area contributed by atoms with Crippen LogP contribution in [0.25, 0.3) is 10.9 Å². The van der Waals surface area contributed by atoms with Gasteiger partial charge in [-0.25, -0.2) is 4.98 Å². The predicted molar refractivity (Wildman–Crippen MR) is 128 cm³/mol. The van der Waals surface area contributed by atoms with E-state index in [2.05, 4.69) is 37.0 Å². The minimum atomic E-state index is -0.170. The molecule has 1 aromatic heterocycles. The summed E-state index contributed by atoms with van der Waals surface area (Å²) in [6.45, 7) is -0.0233. The van der Waals surface area contributed by atoms with E-state index in [1.54, 1.807) is 18.3 Å². The standard InChI is InChI=1S/C23H20Br2N4O2/c24-17-7-8-20-18(13-17)23(30)29(22(28-20)16-4-2-1-3-5-16)27-14-15-6-9-21(19(25)12-15)31-11-10-26/h6-9,12-14,16H,1-5,11H2. The first-order valence-electron chi connectivity index (χ1n) is 10.1. The van der Waals surface area contributed by atoms with Gasteiger partial charge < -0.3 is 4.74 Å². The van der Waals surface area contributed by atoms with Gasteiger partial charge in [-0.15, -0.1) is 0 Å². The van der Waals surface area contributed by atoms with E-state index in [4.69, 9.17) is 15.0 Å². The van der Waals surface area contributed by atoms with Crippen LogP contribution < -0.4 is 10.3 Å². The topological polar surface area (TPSA) is 80.3 Å². The zero-order valence-electron chi connectivity index (χ0n) is 16.7. The van der Waals surface area contributed by atoms with Gasteiger partial charge in [-0.05, 0) is 70.7 Å². The molecule has 0 N–H and O–H groups in total. The van der Waals surface area contributed by atoms with Crippen LogP contribution in [-0.4, -0.2) is 22.5 Å². The molecule has 0 radical (unpaired) electrons. The second-order valence-corrected chi connectivity index (χ2v) is 9.23. The lowest BCUT2D eigenvalue weighted by molar-refractivity contribution is 0.366. The van der Waals surface area contributed by atoms with Crippen molar-refractivity contribution in [3.63, 3.8) is 0 Å². The van der Waals surface area contributed by atoms with Gasteiger partial charge >= 0.3 is 0 Å². The maximum Gasteiger partial charge on any atom is 0.282 e. The van der Waals surface area contributed by atoms with Crippen molar-refractivity contribution in [3.8, 4) is 11.8 Å². The van der Waals surface area contributed by atoms with Gasteiger partial charge in [-0.2, -0.15) is 15.0 Å². The molecule has 3 aromatic rings. The van der Waals surface area contributed by atoms with Crippen LogP contribution in [-0.2, 0) is 0 Å². The summed E-state index contributed by atoms with van der Waals surface area (Å²) in [5, 5.41) is 13.8. The summed E-state index contributed by atoms with van der Waals surface area (Å²) in [7, 11) is 0. The van der Waals surface area contributed by atoms with Gasteiger partial charge in [0.1, 0.15) is 17.6 Å². The van der Waals surface area contributed by atoms with E-state index in [1.807, 2.05) is 30.3 Å². The monoisotopic (exact) mass is 542 g/mol. The Balaban J connectivity index is 1.76. The van der Waals surface area contributed by atoms with Crippen LogP contribution in [0.1, 0.15) is 49.4 Å². The summed E-state index contributed by atoms with van der Waals surface area (Å²) in [6.07, 6.45) is 7.18. The highest BCUT2D eigenvalue weighted by atomic mass is 79.9. The second kappa shape index (κ2) is 9.75. The largest absolute Gasteiger partial charge is 0.478 e. The highest BCUT2D eigenvalue weighted by Crippen LogP contribution is 2.32. The third kappa shape index (κ3) is 4.89. The third-order valence-corrected chi connectivity index (χ3v) is 6.49. The number of nitriles is 1. The number of aromatic nitrogens is 2. The van der Waals surface area contributed by atoms with Crippen LogP contribution in [0.4, 0.5) is 0 Å². The molecular formula is C23H20Br2N4O2. The molecule has 0 spiro atoms. The van der Waals surface area contributed by atoms with Gasteiger partial charge in [0.15, 0.2) is 6.61 Å². The molecule has 0 amide bonds. The Morgan fingerprint density at radius 2 is 2.00 bits per heavy atom. The minimum Gasteiger partial charge on any atom is -0.478 e. The number of rotatable bonds is 5. The van der Waals surface area contributed by atoms with E-state index in [9.17, 15) is 4.79 Å². The number of hydrogen-bond donors (Lipinski definition) is 0. The molecule has 1 aliphatic carbocycles. The van der Waals surface area contributed by atoms with Gasteiger partial charge in [0.05, 0.1) is 21.6 Å². The molecule has 1 saturated carbocycles. The summed E-state index contributed by atoms with van der Waals surface area (Å²) in [5.41, 5.74) is 1.32. The molecule has 1 fully saturated rings. The molecular weight excluding hydrogens is 524 g/mol. The lowest BCUT2D eigenvalue weighted by atomic mass is 9.88. The second-order valence-electron chi connectivity index (χ2n) is 7.46. The molecule has 31 heavy (non-hydrogen) atoms. The van der Waals surface area contributed by atoms with Crippen molar-refractivity contribution in [1.82, 2.24) is 9.66 Å². The number of benzene rings is 2. The van der Waals surface area contributed by atoms with Crippen molar-refractivity contribution in [2.75, 3.05) is 6.61 Å². The van der Waals surface area contributed by atoms with Crippen LogP contribution in [0.3, 0.4) is 0 Å². The number of fused-ring (bicyclic) bond motifs is 1. The average molecular weight is 544 g/mol. The molecule has 0 bridgehead atoms. The first kappa shape index (κ1) is 21.7. The van der Waals surface area contributed by atoms with Crippen molar-refractivity contribution in [1.29, 1.82) is 5.26 Å². The van der Waals surface area contributed by atoms with Gasteiger partial charge in [0.2, 0.25) is 0 Å². The Morgan fingerprint density at radius 1 is 1.19 bits per heavy atom. The third-order valence-electron chi connectivity index (χ3n) is 5.37.